The molecule has 1 aliphatic heterocycles. The van der Waals surface area contributed by atoms with Crippen molar-refractivity contribution in [1.29, 1.82) is 0 Å². The second-order valence-electron chi connectivity index (χ2n) is 6.37. The predicted octanol–water partition coefficient (Wildman–Crippen LogP) is 3.37. The molecule has 0 atom stereocenters. The molecule has 4 aromatic rings. The number of pyridine rings is 1. The van der Waals surface area contributed by atoms with Gasteiger partial charge in [-0.05, 0) is 35.6 Å². The second-order valence-corrected chi connectivity index (χ2v) is 6.37. The molecular weight excluding hydrogens is 324 g/mol. The Labute approximate surface area is 150 Å². The van der Waals surface area contributed by atoms with Crippen molar-refractivity contribution in [3.05, 3.63) is 78.4 Å². The van der Waals surface area contributed by atoms with Gasteiger partial charge in [-0.2, -0.15) is 0 Å². The van der Waals surface area contributed by atoms with Crippen LogP contribution >= 0.6 is 0 Å². The summed E-state index contributed by atoms with van der Waals surface area (Å²) >= 11 is 0. The maximum atomic E-state index is 12.2. The molecule has 0 saturated carbocycles. The molecule has 126 valence electrons. The highest BCUT2D eigenvalue weighted by molar-refractivity contribution is 5.97. The number of fused-ring (bicyclic) bond motifs is 2. The van der Waals surface area contributed by atoms with E-state index in [9.17, 15) is 4.79 Å². The van der Waals surface area contributed by atoms with E-state index in [-0.39, 0.29) is 5.91 Å². The van der Waals surface area contributed by atoms with Crippen molar-refractivity contribution in [2.75, 3.05) is 6.54 Å². The molecule has 2 aromatic heterocycles. The molecule has 3 heterocycles. The maximum absolute atomic E-state index is 12.2. The highest BCUT2D eigenvalue weighted by Gasteiger charge is 2.18. The van der Waals surface area contributed by atoms with E-state index in [0.29, 0.717) is 6.54 Å². The normalized spacial score (nSPS) is 13.5. The van der Waals surface area contributed by atoms with Crippen LogP contribution in [0, 0.1) is 0 Å². The summed E-state index contributed by atoms with van der Waals surface area (Å²) in [4.78, 5) is 21.0. The molecule has 0 fully saturated rings. The zero-order valence-electron chi connectivity index (χ0n) is 14.0. The minimum Gasteiger partial charge on any atom is -0.352 e. The van der Waals surface area contributed by atoms with Crippen molar-refractivity contribution >= 4 is 16.7 Å². The standard InChI is InChI=1S/C21H16N4O/c26-21-19-12-16(5-4-14(19)6-9-24-21)25-11-10-23-20(25)18-3-1-2-15-13-22-8-7-17(15)18/h1-5,7-8,10-13H,6,9H2,(H,24,26). The number of hydrogen-bond acceptors (Lipinski definition) is 3. The second kappa shape index (κ2) is 5.81. The van der Waals surface area contributed by atoms with Gasteiger partial charge in [0.25, 0.3) is 5.91 Å². The number of nitrogens with one attached hydrogen (secondary N) is 1. The number of benzene rings is 2. The Morgan fingerprint density at radius 3 is 2.96 bits per heavy atom. The lowest BCUT2D eigenvalue weighted by atomic mass is 9.99. The Morgan fingerprint density at radius 2 is 2.00 bits per heavy atom. The Bertz CT molecular complexity index is 1140. The van der Waals surface area contributed by atoms with Gasteiger partial charge in [-0.15, -0.1) is 0 Å². The summed E-state index contributed by atoms with van der Waals surface area (Å²) in [5.74, 6) is 0.837. The molecular formula is C21H16N4O. The minimum absolute atomic E-state index is 0.00833. The largest absolute Gasteiger partial charge is 0.352 e. The summed E-state index contributed by atoms with van der Waals surface area (Å²) < 4.78 is 2.03. The molecule has 0 aliphatic carbocycles. The first-order valence-corrected chi connectivity index (χ1v) is 8.59. The SMILES string of the molecule is O=C1NCCc2ccc(-n3ccnc3-c3cccc4cnccc34)cc21. The molecule has 5 heteroatoms. The molecule has 5 nitrogen and oxygen atoms in total. The molecule has 0 unspecified atom stereocenters. The van der Waals surface area contributed by atoms with Crippen molar-refractivity contribution < 1.29 is 4.79 Å². The average Bonchev–Trinajstić information content (AvgIpc) is 3.17. The number of carbonyl (C=O) groups excluding carboxylic acids is 1. The van der Waals surface area contributed by atoms with Crippen LogP contribution < -0.4 is 5.32 Å². The smallest absolute Gasteiger partial charge is 0.251 e. The molecule has 1 N–H and O–H groups in total. The number of amides is 1. The quantitative estimate of drug-likeness (QED) is 0.609. The van der Waals surface area contributed by atoms with Crippen LogP contribution in [0.2, 0.25) is 0 Å². The fraction of sp³-hybridized carbons (Fsp3) is 0.0952. The number of carbonyl (C=O) groups is 1. The van der Waals surface area contributed by atoms with Crippen LogP contribution in [0.15, 0.2) is 67.3 Å². The van der Waals surface area contributed by atoms with Crippen LogP contribution in [0.5, 0.6) is 0 Å². The number of aromatic nitrogens is 3. The zero-order valence-corrected chi connectivity index (χ0v) is 14.0. The lowest BCUT2D eigenvalue weighted by Gasteiger charge is -2.18. The number of rotatable bonds is 2. The van der Waals surface area contributed by atoms with E-state index in [4.69, 9.17) is 0 Å². The lowest BCUT2D eigenvalue weighted by Crippen LogP contribution is -2.31. The summed E-state index contributed by atoms with van der Waals surface area (Å²) in [7, 11) is 0. The van der Waals surface area contributed by atoms with E-state index in [1.807, 2.05) is 47.3 Å². The van der Waals surface area contributed by atoms with Gasteiger partial charge < -0.3 is 5.32 Å². The predicted molar refractivity (Wildman–Crippen MR) is 100 cm³/mol. The van der Waals surface area contributed by atoms with Gasteiger partial charge in [0.15, 0.2) is 0 Å². The molecule has 0 spiro atoms. The van der Waals surface area contributed by atoms with E-state index >= 15 is 0 Å². The van der Waals surface area contributed by atoms with Crippen molar-refractivity contribution in [3.8, 4) is 17.1 Å². The van der Waals surface area contributed by atoms with Gasteiger partial charge in [0.2, 0.25) is 0 Å². The fourth-order valence-electron chi connectivity index (χ4n) is 3.58. The van der Waals surface area contributed by atoms with Crippen LogP contribution in [-0.4, -0.2) is 27.0 Å². The van der Waals surface area contributed by atoms with Crippen LogP contribution in [0.25, 0.3) is 27.8 Å². The van der Waals surface area contributed by atoms with E-state index in [1.165, 1.54) is 0 Å². The first-order valence-electron chi connectivity index (χ1n) is 8.59. The van der Waals surface area contributed by atoms with Crippen LogP contribution in [-0.2, 0) is 6.42 Å². The van der Waals surface area contributed by atoms with Gasteiger partial charge in [0.1, 0.15) is 5.82 Å². The average molecular weight is 340 g/mol. The zero-order chi connectivity index (χ0) is 17.5. The van der Waals surface area contributed by atoms with E-state index < -0.39 is 0 Å². The van der Waals surface area contributed by atoms with Crippen LogP contribution in [0.1, 0.15) is 15.9 Å². The van der Waals surface area contributed by atoms with Gasteiger partial charge in [0.05, 0.1) is 0 Å². The van der Waals surface area contributed by atoms with Gasteiger partial charge in [-0.1, -0.05) is 24.3 Å². The minimum atomic E-state index is -0.00833. The van der Waals surface area contributed by atoms with Gasteiger partial charge in [-0.25, -0.2) is 4.98 Å². The van der Waals surface area contributed by atoms with Crippen molar-refractivity contribution in [2.45, 2.75) is 6.42 Å². The maximum Gasteiger partial charge on any atom is 0.251 e. The molecule has 0 bridgehead atoms. The van der Waals surface area contributed by atoms with Crippen molar-refractivity contribution in [2.24, 2.45) is 0 Å². The topological polar surface area (TPSA) is 59.8 Å². The molecule has 0 radical (unpaired) electrons. The molecule has 2 aromatic carbocycles. The molecule has 1 aliphatic rings. The first kappa shape index (κ1) is 14.8. The van der Waals surface area contributed by atoms with Gasteiger partial charge >= 0.3 is 0 Å². The summed E-state index contributed by atoms with van der Waals surface area (Å²) in [5, 5.41) is 5.09. The molecule has 1 amide bonds. The van der Waals surface area contributed by atoms with E-state index in [2.05, 4.69) is 27.4 Å². The van der Waals surface area contributed by atoms with Crippen LogP contribution in [0.3, 0.4) is 0 Å². The third-order valence-corrected chi connectivity index (χ3v) is 4.86. The number of imidazole rings is 1. The van der Waals surface area contributed by atoms with Gasteiger partial charge in [-0.3, -0.25) is 14.3 Å². The Balaban J connectivity index is 1.69. The van der Waals surface area contributed by atoms with Crippen molar-refractivity contribution in [3.63, 3.8) is 0 Å². The number of nitrogens with zero attached hydrogens (tertiary/aromatic N) is 3. The Hall–Kier alpha value is -3.47. The fourth-order valence-corrected chi connectivity index (χ4v) is 3.58. The van der Waals surface area contributed by atoms with E-state index in [0.717, 1.165) is 45.4 Å². The summed E-state index contributed by atoms with van der Waals surface area (Å²) in [6, 6.07) is 14.2. The lowest BCUT2D eigenvalue weighted by molar-refractivity contribution is 0.0946. The molecule has 5 rings (SSSR count). The summed E-state index contributed by atoms with van der Waals surface area (Å²) in [6.07, 6.45) is 8.23. The highest BCUT2D eigenvalue weighted by Crippen LogP contribution is 2.29. The van der Waals surface area contributed by atoms with Crippen LogP contribution in [0.4, 0.5) is 0 Å². The third-order valence-electron chi connectivity index (χ3n) is 4.86. The monoisotopic (exact) mass is 340 g/mol. The number of hydrogen-bond donors (Lipinski definition) is 1. The Kier molecular flexibility index (Phi) is 3.31. The summed E-state index contributed by atoms with van der Waals surface area (Å²) in [6.45, 7) is 0.700. The third kappa shape index (κ3) is 2.29. The highest BCUT2D eigenvalue weighted by atomic mass is 16.1. The first-order chi connectivity index (χ1) is 12.8. The Morgan fingerprint density at radius 1 is 1.04 bits per heavy atom. The van der Waals surface area contributed by atoms with Crippen molar-refractivity contribution in [1.82, 2.24) is 19.9 Å². The van der Waals surface area contributed by atoms with E-state index in [1.54, 1.807) is 12.4 Å². The van der Waals surface area contributed by atoms with Gasteiger partial charge in [0, 0.05) is 53.5 Å². The molecule has 0 saturated heterocycles. The summed E-state index contributed by atoms with van der Waals surface area (Å²) in [5.41, 5.74) is 3.81. The molecule has 26 heavy (non-hydrogen) atoms.